The van der Waals surface area contributed by atoms with Crippen molar-refractivity contribution in [2.75, 3.05) is 12.4 Å². The molecule has 21 heavy (non-hydrogen) atoms. The van der Waals surface area contributed by atoms with Crippen molar-refractivity contribution in [1.82, 2.24) is 0 Å². The molecule has 2 aromatic carbocycles. The highest BCUT2D eigenvalue weighted by atomic mass is 32.2. The van der Waals surface area contributed by atoms with Gasteiger partial charge in [-0.1, -0.05) is 36.4 Å². The van der Waals surface area contributed by atoms with E-state index in [2.05, 4.69) is 5.32 Å². The Labute approximate surface area is 124 Å². The quantitative estimate of drug-likeness (QED) is 0.856. The van der Waals surface area contributed by atoms with Crippen molar-refractivity contribution < 1.29 is 13.2 Å². The minimum atomic E-state index is -3.74. The zero-order valence-electron chi connectivity index (χ0n) is 11.7. The normalized spacial score (nSPS) is 11.3. The number of hydrogen-bond acceptors (Lipinski definition) is 4. The number of primary sulfonamides is 1. The Hall–Kier alpha value is -1.89. The first-order valence-corrected chi connectivity index (χ1v) is 7.98. The molecule has 0 heterocycles. The van der Waals surface area contributed by atoms with Gasteiger partial charge in [0.1, 0.15) is 4.90 Å². The van der Waals surface area contributed by atoms with Gasteiger partial charge in [-0.05, 0) is 23.3 Å². The van der Waals surface area contributed by atoms with E-state index < -0.39 is 10.0 Å². The summed E-state index contributed by atoms with van der Waals surface area (Å²) in [7, 11) is -2.09. The zero-order chi connectivity index (χ0) is 15.3. The zero-order valence-corrected chi connectivity index (χ0v) is 12.6. The SMILES string of the molecule is COCc1cccc(CNc2ccccc2S(N)(=O)=O)c1. The molecule has 112 valence electrons. The second-order valence-corrected chi connectivity index (χ2v) is 6.18. The average molecular weight is 306 g/mol. The summed E-state index contributed by atoms with van der Waals surface area (Å²) in [6, 6.07) is 14.5. The van der Waals surface area contributed by atoms with Gasteiger partial charge in [-0.2, -0.15) is 0 Å². The lowest BCUT2D eigenvalue weighted by atomic mass is 10.1. The predicted octanol–water partition coefficient (Wildman–Crippen LogP) is 2.09. The van der Waals surface area contributed by atoms with Gasteiger partial charge in [0.05, 0.1) is 12.3 Å². The Morgan fingerprint density at radius 2 is 1.81 bits per heavy atom. The molecular weight excluding hydrogens is 288 g/mol. The fourth-order valence-electron chi connectivity index (χ4n) is 2.05. The molecule has 0 saturated heterocycles. The second kappa shape index (κ2) is 6.71. The van der Waals surface area contributed by atoms with Gasteiger partial charge < -0.3 is 10.1 Å². The molecule has 0 spiro atoms. The van der Waals surface area contributed by atoms with Gasteiger partial charge in [0.2, 0.25) is 10.0 Å². The highest BCUT2D eigenvalue weighted by Crippen LogP contribution is 2.20. The Morgan fingerprint density at radius 3 is 2.52 bits per heavy atom. The Bertz CT molecular complexity index is 714. The molecule has 6 heteroatoms. The highest BCUT2D eigenvalue weighted by Gasteiger charge is 2.12. The molecular formula is C15H18N2O3S. The van der Waals surface area contributed by atoms with Crippen LogP contribution < -0.4 is 10.5 Å². The largest absolute Gasteiger partial charge is 0.380 e. The number of nitrogens with one attached hydrogen (secondary N) is 1. The summed E-state index contributed by atoms with van der Waals surface area (Å²) >= 11 is 0. The highest BCUT2D eigenvalue weighted by molar-refractivity contribution is 7.89. The maximum absolute atomic E-state index is 11.5. The van der Waals surface area contributed by atoms with Gasteiger partial charge in [-0.3, -0.25) is 0 Å². The summed E-state index contributed by atoms with van der Waals surface area (Å²) in [5, 5.41) is 8.31. The van der Waals surface area contributed by atoms with Gasteiger partial charge >= 0.3 is 0 Å². The molecule has 0 saturated carbocycles. The molecule has 2 rings (SSSR count). The Kier molecular flexibility index (Phi) is 4.95. The van der Waals surface area contributed by atoms with Crippen molar-refractivity contribution in [3.8, 4) is 0 Å². The molecule has 0 aliphatic carbocycles. The van der Waals surface area contributed by atoms with E-state index in [1.807, 2.05) is 24.3 Å². The van der Waals surface area contributed by atoms with Gasteiger partial charge in [0.25, 0.3) is 0 Å². The first-order chi connectivity index (χ1) is 10.0. The van der Waals surface area contributed by atoms with Crippen molar-refractivity contribution in [3.63, 3.8) is 0 Å². The van der Waals surface area contributed by atoms with Crippen LogP contribution in [0.4, 0.5) is 5.69 Å². The maximum atomic E-state index is 11.5. The third kappa shape index (κ3) is 4.29. The molecule has 0 bridgehead atoms. The summed E-state index contributed by atoms with van der Waals surface area (Å²) in [6.07, 6.45) is 0. The van der Waals surface area contributed by atoms with Crippen molar-refractivity contribution in [3.05, 3.63) is 59.7 Å². The molecule has 3 N–H and O–H groups in total. The lowest BCUT2D eigenvalue weighted by Crippen LogP contribution is -2.15. The molecule has 2 aromatic rings. The van der Waals surface area contributed by atoms with Crippen LogP contribution in [0.25, 0.3) is 0 Å². The molecule has 0 amide bonds. The first kappa shape index (κ1) is 15.5. The number of benzene rings is 2. The van der Waals surface area contributed by atoms with Crippen molar-refractivity contribution in [2.24, 2.45) is 5.14 Å². The number of anilines is 1. The molecule has 5 nitrogen and oxygen atoms in total. The van der Waals surface area contributed by atoms with Gasteiger partial charge in [-0.25, -0.2) is 13.6 Å². The summed E-state index contributed by atoms with van der Waals surface area (Å²) in [5.74, 6) is 0. The van der Waals surface area contributed by atoms with Crippen molar-refractivity contribution >= 4 is 15.7 Å². The standard InChI is InChI=1S/C15H18N2O3S/c1-20-11-13-6-4-5-12(9-13)10-17-14-7-2-3-8-15(14)21(16,18)19/h2-9,17H,10-11H2,1H3,(H2,16,18,19). The van der Waals surface area contributed by atoms with Crippen LogP contribution in [-0.2, 0) is 27.9 Å². The summed E-state index contributed by atoms with van der Waals surface area (Å²) in [5.41, 5.74) is 2.60. The van der Waals surface area contributed by atoms with Gasteiger partial charge in [0.15, 0.2) is 0 Å². The molecule has 0 aliphatic heterocycles. The Balaban J connectivity index is 2.15. The van der Waals surface area contributed by atoms with E-state index >= 15 is 0 Å². The number of para-hydroxylation sites is 1. The molecule has 0 atom stereocenters. The smallest absolute Gasteiger partial charge is 0.240 e. The lowest BCUT2D eigenvalue weighted by molar-refractivity contribution is 0.185. The van der Waals surface area contributed by atoms with Crippen LogP contribution in [0.2, 0.25) is 0 Å². The monoisotopic (exact) mass is 306 g/mol. The van der Waals surface area contributed by atoms with Crippen LogP contribution in [0.3, 0.4) is 0 Å². The fraction of sp³-hybridized carbons (Fsp3) is 0.200. The number of rotatable bonds is 6. The van der Waals surface area contributed by atoms with E-state index in [1.54, 1.807) is 25.3 Å². The van der Waals surface area contributed by atoms with Crippen LogP contribution in [-0.4, -0.2) is 15.5 Å². The summed E-state index contributed by atoms with van der Waals surface area (Å²) in [4.78, 5) is 0.0954. The average Bonchev–Trinajstić information content (AvgIpc) is 2.45. The van der Waals surface area contributed by atoms with E-state index in [9.17, 15) is 8.42 Å². The van der Waals surface area contributed by atoms with E-state index in [4.69, 9.17) is 9.88 Å². The lowest BCUT2D eigenvalue weighted by Gasteiger charge is -2.11. The van der Waals surface area contributed by atoms with E-state index in [0.29, 0.717) is 18.8 Å². The molecule has 0 aliphatic rings. The third-order valence-corrected chi connectivity index (χ3v) is 3.95. The molecule has 0 radical (unpaired) electrons. The molecule has 0 unspecified atom stereocenters. The number of methoxy groups -OCH3 is 1. The molecule has 0 fully saturated rings. The Morgan fingerprint density at radius 1 is 1.10 bits per heavy atom. The number of nitrogens with two attached hydrogens (primary N) is 1. The van der Waals surface area contributed by atoms with E-state index in [-0.39, 0.29) is 4.90 Å². The van der Waals surface area contributed by atoms with Crippen LogP contribution in [0.5, 0.6) is 0 Å². The van der Waals surface area contributed by atoms with Gasteiger partial charge in [-0.15, -0.1) is 0 Å². The van der Waals surface area contributed by atoms with Crippen LogP contribution in [0.15, 0.2) is 53.4 Å². The maximum Gasteiger partial charge on any atom is 0.240 e. The minimum Gasteiger partial charge on any atom is -0.380 e. The minimum absolute atomic E-state index is 0.0954. The predicted molar refractivity (Wildman–Crippen MR) is 82.3 cm³/mol. The molecule has 0 aromatic heterocycles. The summed E-state index contributed by atoms with van der Waals surface area (Å²) in [6.45, 7) is 1.05. The van der Waals surface area contributed by atoms with Crippen molar-refractivity contribution in [1.29, 1.82) is 0 Å². The first-order valence-electron chi connectivity index (χ1n) is 6.43. The van der Waals surface area contributed by atoms with Crippen LogP contribution in [0, 0.1) is 0 Å². The van der Waals surface area contributed by atoms with Gasteiger partial charge in [0, 0.05) is 13.7 Å². The number of hydrogen-bond donors (Lipinski definition) is 2. The summed E-state index contributed by atoms with van der Waals surface area (Å²) < 4.78 is 28.1. The second-order valence-electron chi connectivity index (χ2n) is 4.65. The van der Waals surface area contributed by atoms with Crippen LogP contribution >= 0.6 is 0 Å². The third-order valence-electron chi connectivity index (χ3n) is 2.98. The van der Waals surface area contributed by atoms with E-state index in [1.165, 1.54) is 6.07 Å². The van der Waals surface area contributed by atoms with Crippen molar-refractivity contribution in [2.45, 2.75) is 18.0 Å². The topological polar surface area (TPSA) is 81.4 Å². The number of ether oxygens (including phenoxy) is 1. The van der Waals surface area contributed by atoms with E-state index in [0.717, 1.165) is 11.1 Å². The fourth-order valence-corrected chi connectivity index (χ4v) is 2.77. The number of sulfonamides is 1. The van der Waals surface area contributed by atoms with Crippen LogP contribution in [0.1, 0.15) is 11.1 Å².